The smallest absolute Gasteiger partial charge is 0.225 e. The van der Waals surface area contributed by atoms with Crippen LogP contribution in [0.1, 0.15) is 55.0 Å². The summed E-state index contributed by atoms with van der Waals surface area (Å²) in [4.78, 5) is 16.5. The highest BCUT2D eigenvalue weighted by Gasteiger charge is 2.15. The summed E-state index contributed by atoms with van der Waals surface area (Å²) in [5.41, 5.74) is 5.32. The molecule has 1 amide bonds. The van der Waals surface area contributed by atoms with E-state index in [9.17, 15) is 4.79 Å². The second kappa shape index (κ2) is 7.09. The van der Waals surface area contributed by atoms with Gasteiger partial charge in [-0.2, -0.15) is 0 Å². The molecule has 1 N–H and O–H groups in total. The number of amides is 1. The number of aryl methyl sites for hydroxylation is 1. The van der Waals surface area contributed by atoms with Gasteiger partial charge in [0.2, 0.25) is 5.91 Å². The van der Waals surface area contributed by atoms with Crippen LogP contribution in [0.5, 0.6) is 0 Å². The maximum atomic E-state index is 12.5. The molecule has 1 atom stereocenters. The van der Waals surface area contributed by atoms with E-state index < -0.39 is 0 Å². The second-order valence-electron chi connectivity index (χ2n) is 6.87. The van der Waals surface area contributed by atoms with Crippen molar-refractivity contribution in [3.8, 4) is 0 Å². The molecule has 130 valence electrons. The Balaban J connectivity index is 1.78. The van der Waals surface area contributed by atoms with Gasteiger partial charge in [-0.1, -0.05) is 13.8 Å². The van der Waals surface area contributed by atoms with Crippen molar-refractivity contribution in [2.45, 2.75) is 46.1 Å². The van der Waals surface area contributed by atoms with Crippen molar-refractivity contribution in [1.29, 1.82) is 0 Å². The molecule has 0 aliphatic carbocycles. The average Bonchev–Trinajstić information content (AvgIpc) is 2.96. The number of benzene rings is 1. The van der Waals surface area contributed by atoms with Gasteiger partial charge in [-0.05, 0) is 60.7 Å². The van der Waals surface area contributed by atoms with E-state index in [1.807, 2.05) is 19.1 Å². The third kappa shape index (κ3) is 3.73. The van der Waals surface area contributed by atoms with Crippen LogP contribution in [0.2, 0.25) is 0 Å². The number of aromatic nitrogens is 1. The lowest BCUT2D eigenvalue weighted by atomic mass is 9.95. The number of furan rings is 1. The van der Waals surface area contributed by atoms with Crippen molar-refractivity contribution in [3.63, 3.8) is 0 Å². The van der Waals surface area contributed by atoms with Gasteiger partial charge in [-0.25, -0.2) is 0 Å². The normalized spacial score (nSPS) is 12.5. The van der Waals surface area contributed by atoms with Gasteiger partial charge >= 0.3 is 0 Å². The number of carbonyl (C=O) groups is 1. The lowest BCUT2D eigenvalue weighted by molar-refractivity contribution is -0.121. The first-order chi connectivity index (χ1) is 12.0. The van der Waals surface area contributed by atoms with Crippen molar-refractivity contribution in [2.24, 2.45) is 0 Å². The number of hydrogen-bond acceptors (Lipinski definition) is 3. The molecular formula is C21H24N2O2. The molecule has 0 saturated carbocycles. The predicted octanol–water partition coefficient (Wildman–Crippen LogP) is 4.68. The van der Waals surface area contributed by atoms with E-state index in [1.54, 1.807) is 18.7 Å². The summed E-state index contributed by atoms with van der Waals surface area (Å²) in [6, 6.07) is 7.99. The Labute approximate surface area is 148 Å². The Morgan fingerprint density at radius 3 is 2.60 bits per heavy atom. The minimum atomic E-state index is -0.0536. The number of nitrogens with zero attached hydrogens (tertiary/aromatic N) is 1. The van der Waals surface area contributed by atoms with Crippen LogP contribution in [0.25, 0.3) is 11.0 Å². The van der Waals surface area contributed by atoms with E-state index in [-0.39, 0.29) is 11.9 Å². The molecule has 0 fully saturated rings. The Hall–Kier alpha value is -2.62. The monoisotopic (exact) mass is 336 g/mol. The van der Waals surface area contributed by atoms with Crippen molar-refractivity contribution in [1.82, 2.24) is 10.3 Å². The van der Waals surface area contributed by atoms with Crippen LogP contribution in [0.4, 0.5) is 0 Å². The molecule has 1 aromatic carbocycles. The fraction of sp³-hybridized carbons (Fsp3) is 0.333. The molecular weight excluding hydrogens is 312 g/mol. The van der Waals surface area contributed by atoms with Gasteiger partial charge in [0.05, 0.1) is 18.7 Å². The summed E-state index contributed by atoms with van der Waals surface area (Å²) >= 11 is 0. The van der Waals surface area contributed by atoms with E-state index >= 15 is 0 Å². The van der Waals surface area contributed by atoms with Crippen LogP contribution in [0.15, 0.2) is 47.3 Å². The third-order valence-electron chi connectivity index (χ3n) is 4.60. The van der Waals surface area contributed by atoms with Gasteiger partial charge in [-0.15, -0.1) is 0 Å². The first-order valence-corrected chi connectivity index (χ1v) is 8.65. The molecule has 3 aromatic rings. The van der Waals surface area contributed by atoms with Crippen LogP contribution in [-0.4, -0.2) is 10.9 Å². The van der Waals surface area contributed by atoms with Gasteiger partial charge in [0.1, 0.15) is 5.58 Å². The molecule has 4 nitrogen and oxygen atoms in total. The molecule has 4 heteroatoms. The zero-order valence-corrected chi connectivity index (χ0v) is 15.2. The molecule has 2 heterocycles. The Morgan fingerprint density at radius 2 is 1.92 bits per heavy atom. The summed E-state index contributed by atoms with van der Waals surface area (Å²) in [5, 5.41) is 4.07. The van der Waals surface area contributed by atoms with Crippen molar-refractivity contribution in [3.05, 3.63) is 65.2 Å². The fourth-order valence-corrected chi connectivity index (χ4v) is 3.20. The van der Waals surface area contributed by atoms with Gasteiger partial charge in [0.25, 0.3) is 0 Å². The minimum absolute atomic E-state index is 0.0151. The first-order valence-electron chi connectivity index (χ1n) is 8.65. The summed E-state index contributed by atoms with van der Waals surface area (Å²) < 4.78 is 5.67. The van der Waals surface area contributed by atoms with Gasteiger partial charge in [0, 0.05) is 23.3 Å². The zero-order valence-electron chi connectivity index (χ0n) is 15.2. The quantitative estimate of drug-likeness (QED) is 0.736. The van der Waals surface area contributed by atoms with Crippen LogP contribution in [0.3, 0.4) is 0 Å². The maximum Gasteiger partial charge on any atom is 0.225 e. The summed E-state index contributed by atoms with van der Waals surface area (Å²) in [6.07, 6.45) is 5.47. The molecule has 0 bridgehead atoms. The highest BCUT2D eigenvalue weighted by molar-refractivity contribution is 5.88. The second-order valence-corrected chi connectivity index (χ2v) is 6.87. The Bertz CT molecular complexity index is 882. The third-order valence-corrected chi connectivity index (χ3v) is 4.60. The minimum Gasteiger partial charge on any atom is -0.464 e. The molecule has 0 radical (unpaired) electrons. The van der Waals surface area contributed by atoms with Crippen LogP contribution >= 0.6 is 0 Å². The number of pyridine rings is 1. The summed E-state index contributed by atoms with van der Waals surface area (Å²) in [6.45, 7) is 8.43. The van der Waals surface area contributed by atoms with Gasteiger partial charge < -0.3 is 9.73 Å². The highest BCUT2D eigenvalue weighted by atomic mass is 16.3. The van der Waals surface area contributed by atoms with E-state index in [0.717, 1.165) is 22.1 Å². The zero-order chi connectivity index (χ0) is 18.0. The molecule has 3 rings (SSSR count). The number of fused-ring (bicyclic) bond motifs is 1. The standard InChI is InChI=1S/C21H24N2O2/c1-13(2)18-11-19-17(12-25-20(19)9-14(18)3)10-21(24)23-15(4)16-5-7-22-8-6-16/h5-9,11-13,15H,10H2,1-4H3,(H,23,24). The topological polar surface area (TPSA) is 55.1 Å². The lowest BCUT2D eigenvalue weighted by Gasteiger charge is -2.14. The summed E-state index contributed by atoms with van der Waals surface area (Å²) in [7, 11) is 0. The number of hydrogen-bond donors (Lipinski definition) is 1. The number of nitrogens with one attached hydrogen (secondary N) is 1. The molecule has 0 saturated heterocycles. The van der Waals surface area contributed by atoms with Gasteiger partial charge in [-0.3, -0.25) is 9.78 Å². The maximum absolute atomic E-state index is 12.5. The van der Waals surface area contributed by atoms with Crippen molar-refractivity contribution < 1.29 is 9.21 Å². The molecule has 0 spiro atoms. The molecule has 0 aliphatic rings. The Morgan fingerprint density at radius 1 is 1.20 bits per heavy atom. The molecule has 0 aliphatic heterocycles. The predicted molar refractivity (Wildman–Crippen MR) is 99.5 cm³/mol. The average molecular weight is 336 g/mol. The van der Waals surface area contributed by atoms with Crippen molar-refractivity contribution >= 4 is 16.9 Å². The van der Waals surface area contributed by atoms with E-state index in [0.29, 0.717) is 12.3 Å². The molecule has 2 aromatic heterocycles. The number of carbonyl (C=O) groups excluding carboxylic acids is 1. The Kier molecular flexibility index (Phi) is 4.88. The van der Waals surface area contributed by atoms with Crippen molar-refractivity contribution in [2.75, 3.05) is 0 Å². The van der Waals surface area contributed by atoms with Gasteiger partial charge in [0.15, 0.2) is 0 Å². The van der Waals surface area contributed by atoms with E-state index in [1.165, 1.54) is 11.1 Å². The molecule has 25 heavy (non-hydrogen) atoms. The van der Waals surface area contributed by atoms with Crippen LogP contribution in [-0.2, 0) is 11.2 Å². The van der Waals surface area contributed by atoms with Crippen LogP contribution in [0, 0.1) is 6.92 Å². The fourth-order valence-electron chi connectivity index (χ4n) is 3.20. The number of rotatable bonds is 5. The largest absolute Gasteiger partial charge is 0.464 e. The SMILES string of the molecule is Cc1cc2occ(CC(=O)NC(C)c3ccncc3)c2cc1C(C)C. The van der Waals surface area contributed by atoms with E-state index in [2.05, 4.69) is 43.2 Å². The summed E-state index contributed by atoms with van der Waals surface area (Å²) in [5.74, 6) is 0.423. The molecule has 1 unspecified atom stereocenters. The van der Waals surface area contributed by atoms with E-state index in [4.69, 9.17) is 4.42 Å². The van der Waals surface area contributed by atoms with Crippen LogP contribution < -0.4 is 5.32 Å². The lowest BCUT2D eigenvalue weighted by Crippen LogP contribution is -2.28. The first kappa shape index (κ1) is 17.2. The highest BCUT2D eigenvalue weighted by Crippen LogP contribution is 2.29.